The fraction of sp³-hybridized carbons (Fsp3) is 0.545. The number of hydrogen-bond acceptors (Lipinski definition) is 3. The first-order valence-electron chi connectivity index (χ1n) is 10.1. The van der Waals surface area contributed by atoms with E-state index in [-0.39, 0.29) is 0 Å². The molecule has 1 aromatic rings. The molecule has 1 aromatic carbocycles. The Balaban J connectivity index is 1.84. The molecular weight excluding hydrogens is 342 g/mol. The number of allylic oxidation sites excluding steroid dienone is 3. The van der Waals surface area contributed by atoms with Gasteiger partial charge in [0.15, 0.2) is 0 Å². The molecule has 3 nitrogen and oxygen atoms in total. The van der Waals surface area contributed by atoms with Gasteiger partial charge in [-0.3, -0.25) is 0 Å². The lowest BCUT2D eigenvalue weighted by atomic mass is 9.88. The summed E-state index contributed by atoms with van der Waals surface area (Å²) < 4.78 is 27.0. The summed E-state index contributed by atoms with van der Waals surface area (Å²) in [6, 6.07) is 7.87. The third-order valence-electron chi connectivity index (χ3n) is 6.13. The van der Waals surface area contributed by atoms with Gasteiger partial charge in [-0.1, -0.05) is 23.8 Å². The van der Waals surface area contributed by atoms with Crippen LogP contribution in [0.4, 0.5) is 0 Å². The summed E-state index contributed by atoms with van der Waals surface area (Å²) in [6.45, 7) is 3.00. The molecule has 0 amide bonds. The molecule has 1 aliphatic carbocycles. The number of piperidine rings is 1. The number of benzene rings is 1. The lowest BCUT2D eigenvalue weighted by Gasteiger charge is -2.44. The molecule has 26 heavy (non-hydrogen) atoms. The molecule has 0 bridgehead atoms. The maximum absolute atomic E-state index is 13.5. The Bertz CT molecular complexity index is 833. The van der Waals surface area contributed by atoms with E-state index in [9.17, 15) is 8.42 Å². The van der Waals surface area contributed by atoms with Gasteiger partial charge >= 0.3 is 0 Å². The monoisotopic (exact) mass is 371 g/mol. The molecule has 2 aliphatic heterocycles. The predicted octanol–water partition coefficient (Wildman–Crippen LogP) is 5.13. The van der Waals surface area contributed by atoms with Crippen LogP contribution in [0.2, 0.25) is 0 Å². The highest BCUT2D eigenvalue weighted by Gasteiger charge is 2.37. The Kier molecular flexibility index (Phi) is 4.96. The van der Waals surface area contributed by atoms with Crippen LogP contribution in [-0.2, 0) is 9.84 Å². The van der Waals surface area contributed by atoms with E-state index in [1.165, 1.54) is 37.7 Å². The van der Waals surface area contributed by atoms with Gasteiger partial charge in [0.05, 0.1) is 15.5 Å². The van der Waals surface area contributed by atoms with E-state index in [0.717, 1.165) is 37.1 Å². The first-order chi connectivity index (χ1) is 12.6. The molecule has 1 fully saturated rings. The average Bonchev–Trinajstić information content (AvgIpc) is 2.68. The Morgan fingerprint density at radius 2 is 1.77 bits per heavy atom. The number of nitrogens with zero attached hydrogens (tertiary/aromatic N) is 1. The van der Waals surface area contributed by atoms with Crippen molar-refractivity contribution in [1.29, 1.82) is 0 Å². The van der Waals surface area contributed by atoms with Crippen LogP contribution in [0, 0.1) is 6.92 Å². The van der Waals surface area contributed by atoms with Gasteiger partial charge < -0.3 is 4.90 Å². The van der Waals surface area contributed by atoms with Crippen LogP contribution in [0.15, 0.2) is 51.4 Å². The fourth-order valence-corrected chi connectivity index (χ4v) is 6.38. The van der Waals surface area contributed by atoms with Gasteiger partial charge in [0.1, 0.15) is 0 Å². The molecule has 0 saturated carbocycles. The SMILES string of the molecule is Cc1ccc(S(=O)(=O)C2=C(C3=CCCCC3)N3CCCCC3CC2)cc1. The van der Waals surface area contributed by atoms with Crippen molar-refractivity contribution in [2.75, 3.05) is 6.54 Å². The Labute approximate surface area is 157 Å². The van der Waals surface area contributed by atoms with Crippen molar-refractivity contribution in [2.45, 2.75) is 75.6 Å². The second-order valence-corrected chi connectivity index (χ2v) is 9.92. The molecule has 0 radical (unpaired) electrons. The Hall–Kier alpha value is -1.55. The van der Waals surface area contributed by atoms with Crippen molar-refractivity contribution in [3.8, 4) is 0 Å². The Morgan fingerprint density at radius 3 is 2.50 bits per heavy atom. The third kappa shape index (κ3) is 3.24. The van der Waals surface area contributed by atoms with E-state index in [1.54, 1.807) is 12.1 Å². The van der Waals surface area contributed by atoms with E-state index in [4.69, 9.17) is 0 Å². The highest BCUT2D eigenvalue weighted by Crippen LogP contribution is 2.42. The van der Waals surface area contributed by atoms with Gasteiger partial charge in [0.25, 0.3) is 0 Å². The van der Waals surface area contributed by atoms with Crippen LogP contribution in [-0.4, -0.2) is 25.9 Å². The molecule has 4 rings (SSSR count). The highest BCUT2D eigenvalue weighted by molar-refractivity contribution is 7.95. The smallest absolute Gasteiger partial charge is 0.204 e. The Morgan fingerprint density at radius 1 is 0.962 bits per heavy atom. The van der Waals surface area contributed by atoms with E-state index < -0.39 is 9.84 Å². The first-order valence-corrected chi connectivity index (χ1v) is 11.6. The van der Waals surface area contributed by atoms with Crippen LogP contribution in [0.1, 0.15) is 63.4 Å². The maximum Gasteiger partial charge on any atom is 0.204 e. The molecule has 140 valence electrons. The van der Waals surface area contributed by atoms with E-state index in [2.05, 4.69) is 11.0 Å². The zero-order valence-corrected chi connectivity index (χ0v) is 16.5. The standard InChI is InChI=1S/C22H29NO2S/c1-17-10-13-20(14-11-17)26(24,25)21-15-12-19-9-5-6-16-23(19)22(21)18-7-3-2-4-8-18/h7,10-11,13-14,19H,2-6,8-9,12,15-16H2,1H3. The van der Waals surface area contributed by atoms with Crippen LogP contribution >= 0.6 is 0 Å². The molecule has 4 heteroatoms. The topological polar surface area (TPSA) is 37.4 Å². The lowest BCUT2D eigenvalue weighted by Crippen LogP contribution is -2.43. The van der Waals surface area contributed by atoms with Crippen molar-refractivity contribution in [1.82, 2.24) is 4.90 Å². The van der Waals surface area contributed by atoms with E-state index in [1.807, 2.05) is 19.1 Å². The van der Waals surface area contributed by atoms with Gasteiger partial charge in [-0.05, 0) is 82.4 Å². The number of rotatable bonds is 3. The van der Waals surface area contributed by atoms with Crippen LogP contribution in [0.25, 0.3) is 0 Å². The predicted molar refractivity (Wildman–Crippen MR) is 106 cm³/mol. The van der Waals surface area contributed by atoms with E-state index >= 15 is 0 Å². The number of hydrogen-bond donors (Lipinski definition) is 0. The van der Waals surface area contributed by atoms with E-state index in [0.29, 0.717) is 22.3 Å². The van der Waals surface area contributed by atoms with Gasteiger partial charge in [-0.25, -0.2) is 8.42 Å². The fourth-order valence-electron chi connectivity index (χ4n) is 4.71. The summed E-state index contributed by atoms with van der Waals surface area (Å²) in [5.74, 6) is 0. The second-order valence-electron chi connectivity index (χ2n) is 7.95. The van der Waals surface area contributed by atoms with Gasteiger partial charge in [0, 0.05) is 12.6 Å². The van der Waals surface area contributed by atoms with Crippen molar-refractivity contribution >= 4 is 9.84 Å². The molecule has 2 heterocycles. The van der Waals surface area contributed by atoms with Crippen molar-refractivity contribution < 1.29 is 8.42 Å². The summed E-state index contributed by atoms with van der Waals surface area (Å²) in [7, 11) is -3.43. The van der Waals surface area contributed by atoms with Gasteiger partial charge in [-0.15, -0.1) is 0 Å². The minimum atomic E-state index is -3.43. The van der Waals surface area contributed by atoms with Gasteiger partial charge in [-0.2, -0.15) is 0 Å². The van der Waals surface area contributed by atoms with Crippen LogP contribution in [0.3, 0.4) is 0 Å². The van der Waals surface area contributed by atoms with Crippen molar-refractivity contribution in [3.05, 3.63) is 52.1 Å². The second kappa shape index (κ2) is 7.22. The van der Waals surface area contributed by atoms with Crippen LogP contribution in [0.5, 0.6) is 0 Å². The highest BCUT2D eigenvalue weighted by atomic mass is 32.2. The minimum absolute atomic E-state index is 0.447. The molecule has 1 saturated heterocycles. The minimum Gasteiger partial charge on any atom is -0.368 e. The number of aryl methyl sites for hydroxylation is 1. The molecule has 1 unspecified atom stereocenters. The molecule has 0 spiro atoms. The quantitative estimate of drug-likeness (QED) is 0.739. The zero-order chi connectivity index (χ0) is 18.1. The summed E-state index contributed by atoms with van der Waals surface area (Å²) in [5, 5.41) is 0. The largest absolute Gasteiger partial charge is 0.368 e. The summed E-state index contributed by atoms with van der Waals surface area (Å²) in [6.07, 6.45) is 12.1. The lowest BCUT2D eigenvalue weighted by molar-refractivity contribution is 0.174. The zero-order valence-electron chi connectivity index (χ0n) is 15.7. The first kappa shape index (κ1) is 17.8. The van der Waals surface area contributed by atoms with Crippen molar-refractivity contribution in [3.63, 3.8) is 0 Å². The molecular formula is C22H29NO2S. The molecule has 3 aliphatic rings. The van der Waals surface area contributed by atoms with Gasteiger partial charge in [0.2, 0.25) is 9.84 Å². The number of fused-ring (bicyclic) bond motifs is 1. The average molecular weight is 372 g/mol. The molecule has 0 aromatic heterocycles. The maximum atomic E-state index is 13.5. The molecule has 0 N–H and O–H groups in total. The van der Waals surface area contributed by atoms with Crippen molar-refractivity contribution in [2.24, 2.45) is 0 Å². The summed E-state index contributed by atoms with van der Waals surface area (Å²) >= 11 is 0. The summed E-state index contributed by atoms with van der Waals surface area (Å²) in [4.78, 5) is 3.57. The normalized spacial score (nSPS) is 24.3. The summed E-state index contributed by atoms with van der Waals surface area (Å²) in [5.41, 5.74) is 3.45. The third-order valence-corrected chi connectivity index (χ3v) is 8.07. The van der Waals surface area contributed by atoms with Crippen LogP contribution < -0.4 is 0 Å². The molecule has 1 atom stereocenters. The number of sulfone groups is 1.